The fraction of sp³-hybridized carbons (Fsp3) is 0.280. The summed E-state index contributed by atoms with van der Waals surface area (Å²) in [5, 5.41) is 12.7. The van der Waals surface area contributed by atoms with Crippen molar-refractivity contribution >= 4 is 23.0 Å². The molecule has 2 N–H and O–H groups in total. The van der Waals surface area contributed by atoms with Gasteiger partial charge in [0.2, 0.25) is 5.82 Å². The molecule has 0 saturated heterocycles. The van der Waals surface area contributed by atoms with Gasteiger partial charge in [0, 0.05) is 18.7 Å². The van der Waals surface area contributed by atoms with E-state index in [1.54, 1.807) is 4.57 Å². The van der Waals surface area contributed by atoms with Crippen LogP contribution in [0.1, 0.15) is 41.2 Å². The average molecular weight is 483 g/mol. The molecule has 0 aliphatic carbocycles. The van der Waals surface area contributed by atoms with Gasteiger partial charge in [-0.1, -0.05) is 49.7 Å². The molecule has 2 aromatic carbocycles. The second-order valence-electron chi connectivity index (χ2n) is 8.73. The first kappa shape index (κ1) is 24.2. The Morgan fingerprint density at radius 2 is 1.80 bits per heavy atom. The SMILES string of the molecule is Cc1cccc(-c2nc3nc(C(=O)O)nc(NCC(C)C)c3n2Cc2ccc(C(F)(F)F)cc2)c1. The minimum absolute atomic E-state index is 0.185. The molecule has 2 heterocycles. The van der Waals surface area contributed by atoms with Crippen LogP contribution in [0.4, 0.5) is 19.0 Å². The topological polar surface area (TPSA) is 92.9 Å². The first-order chi connectivity index (χ1) is 16.5. The van der Waals surface area contributed by atoms with Crippen LogP contribution in [-0.4, -0.2) is 37.1 Å². The minimum Gasteiger partial charge on any atom is -0.475 e. The Labute approximate surface area is 199 Å². The predicted molar refractivity (Wildman–Crippen MR) is 126 cm³/mol. The molecule has 0 atom stereocenters. The number of aryl methyl sites for hydroxylation is 1. The van der Waals surface area contributed by atoms with Crippen molar-refractivity contribution in [1.82, 2.24) is 19.5 Å². The molecule has 2 aromatic heterocycles. The Bertz CT molecular complexity index is 1380. The summed E-state index contributed by atoms with van der Waals surface area (Å²) >= 11 is 0. The molecule has 0 bridgehead atoms. The molecular formula is C25H24F3N5O2. The van der Waals surface area contributed by atoms with Gasteiger partial charge >= 0.3 is 12.1 Å². The third kappa shape index (κ3) is 5.26. The number of nitrogens with one attached hydrogen (secondary N) is 1. The third-order valence-corrected chi connectivity index (χ3v) is 5.37. The van der Waals surface area contributed by atoms with E-state index in [-0.39, 0.29) is 18.1 Å². The number of carboxylic acid groups (broad SMARTS) is 1. The Balaban J connectivity index is 1.92. The molecule has 0 fully saturated rings. The summed E-state index contributed by atoms with van der Waals surface area (Å²) in [6.07, 6.45) is -4.43. The largest absolute Gasteiger partial charge is 0.475 e. The maximum atomic E-state index is 13.0. The first-order valence-electron chi connectivity index (χ1n) is 11.0. The summed E-state index contributed by atoms with van der Waals surface area (Å²) in [7, 11) is 0. The second-order valence-corrected chi connectivity index (χ2v) is 8.73. The number of alkyl halides is 3. The standard InChI is InChI=1S/C25H24F3N5O2/c1-14(2)12-29-20-19-21(31-22(30-20)24(34)35)32-23(17-6-4-5-15(3)11-17)33(19)13-16-7-9-18(10-8-16)25(26,27)28/h4-11,14H,12-13H2,1-3H3,(H,34,35)(H,29,30,31). The lowest BCUT2D eigenvalue weighted by molar-refractivity contribution is -0.137. The van der Waals surface area contributed by atoms with Crippen LogP contribution in [0, 0.1) is 12.8 Å². The van der Waals surface area contributed by atoms with Crippen molar-refractivity contribution in [3.8, 4) is 11.4 Å². The lowest BCUT2D eigenvalue weighted by Gasteiger charge is -2.14. The van der Waals surface area contributed by atoms with Crippen molar-refractivity contribution in [3.05, 3.63) is 71.0 Å². The van der Waals surface area contributed by atoms with Crippen LogP contribution in [0.15, 0.2) is 48.5 Å². The molecule has 0 amide bonds. The van der Waals surface area contributed by atoms with Crippen molar-refractivity contribution < 1.29 is 23.1 Å². The van der Waals surface area contributed by atoms with Crippen molar-refractivity contribution in [2.45, 2.75) is 33.5 Å². The molecule has 0 unspecified atom stereocenters. The van der Waals surface area contributed by atoms with Gasteiger partial charge in [0.05, 0.1) is 5.56 Å². The molecule has 0 aliphatic rings. The third-order valence-electron chi connectivity index (χ3n) is 5.37. The van der Waals surface area contributed by atoms with E-state index in [9.17, 15) is 23.1 Å². The Morgan fingerprint density at radius 1 is 1.09 bits per heavy atom. The zero-order valence-electron chi connectivity index (χ0n) is 19.4. The molecule has 0 spiro atoms. The molecular weight excluding hydrogens is 459 g/mol. The molecule has 0 saturated carbocycles. The number of aromatic carboxylic acids is 1. The van der Waals surface area contributed by atoms with E-state index in [2.05, 4.69) is 20.3 Å². The summed E-state index contributed by atoms with van der Waals surface area (Å²) in [5.74, 6) is -0.615. The van der Waals surface area contributed by atoms with E-state index in [1.165, 1.54) is 12.1 Å². The lowest BCUT2D eigenvalue weighted by Crippen LogP contribution is -2.14. The maximum absolute atomic E-state index is 13.0. The monoisotopic (exact) mass is 483 g/mol. The highest BCUT2D eigenvalue weighted by atomic mass is 19.4. The van der Waals surface area contributed by atoms with Gasteiger partial charge in [-0.25, -0.2) is 19.7 Å². The van der Waals surface area contributed by atoms with Gasteiger partial charge in [0.1, 0.15) is 11.3 Å². The highest BCUT2D eigenvalue weighted by Gasteiger charge is 2.30. The number of carbonyl (C=O) groups is 1. The predicted octanol–water partition coefficient (Wildman–Crippen LogP) is 5.63. The van der Waals surface area contributed by atoms with Crippen LogP contribution in [-0.2, 0) is 12.7 Å². The number of anilines is 1. The van der Waals surface area contributed by atoms with E-state index >= 15 is 0 Å². The van der Waals surface area contributed by atoms with Gasteiger partial charge in [-0.2, -0.15) is 13.2 Å². The number of halogens is 3. The summed E-state index contributed by atoms with van der Waals surface area (Å²) in [6.45, 7) is 6.65. The minimum atomic E-state index is -4.43. The molecule has 182 valence electrons. The number of rotatable bonds is 7. The van der Waals surface area contributed by atoms with Crippen molar-refractivity contribution in [3.63, 3.8) is 0 Å². The highest BCUT2D eigenvalue weighted by molar-refractivity contribution is 5.92. The molecule has 4 rings (SSSR count). The zero-order chi connectivity index (χ0) is 25.3. The van der Waals surface area contributed by atoms with Gasteiger partial charge in [-0.15, -0.1) is 0 Å². The molecule has 0 radical (unpaired) electrons. The van der Waals surface area contributed by atoms with Gasteiger partial charge < -0.3 is 15.0 Å². The molecule has 0 aliphatic heterocycles. The van der Waals surface area contributed by atoms with Crippen molar-refractivity contribution in [1.29, 1.82) is 0 Å². The normalized spacial score (nSPS) is 11.9. The number of hydrogen-bond donors (Lipinski definition) is 2. The quantitative estimate of drug-likeness (QED) is 0.354. The number of aromatic nitrogens is 4. The molecule has 35 heavy (non-hydrogen) atoms. The van der Waals surface area contributed by atoms with E-state index in [4.69, 9.17) is 0 Å². The summed E-state index contributed by atoms with van der Waals surface area (Å²) in [5.41, 5.74) is 2.31. The fourth-order valence-electron chi connectivity index (χ4n) is 3.70. The van der Waals surface area contributed by atoms with Crippen LogP contribution in [0.5, 0.6) is 0 Å². The second kappa shape index (κ2) is 9.36. The van der Waals surface area contributed by atoms with Crippen LogP contribution in [0.3, 0.4) is 0 Å². The Morgan fingerprint density at radius 3 is 2.40 bits per heavy atom. The maximum Gasteiger partial charge on any atom is 0.416 e. The molecule has 10 heteroatoms. The number of nitrogens with zero attached hydrogens (tertiary/aromatic N) is 4. The fourth-order valence-corrected chi connectivity index (χ4v) is 3.70. The summed E-state index contributed by atoms with van der Waals surface area (Å²) in [6, 6.07) is 12.5. The van der Waals surface area contributed by atoms with Crippen LogP contribution >= 0.6 is 0 Å². The van der Waals surface area contributed by atoms with E-state index in [0.717, 1.165) is 23.3 Å². The smallest absolute Gasteiger partial charge is 0.416 e. The number of imidazole rings is 1. The lowest BCUT2D eigenvalue weighted by atomic mass is 10.1. The average Bonchev–Trinajstić information content (AvgIpc) is 3.15. The Kier molecular flexibility index (Phi) is 6.47. The van der Waals surface area contributed by atoms with Gasteiger partial charge in [0.25, 0.3) is 0 Å². The van der Waals surface area contributed by atoms with Gasteiger partial charge in [0.15, 0.2) is 11.5 Å². The number of fused-ring (bicyclic) bond motifs is 1. The van der Waals surface area contributed by atoms with E-state index < -0.39 is 23.5 Å². The Hall–Kier alpha value is -3.95. The molecule has 7 nitrogen and oxygen atoms in total. The van der Waals surface area contributed by atoms with E-state index in [0.29, 0.717) is 29.3 Å². The summed E-state index contributed by atoms with van der Waals surface area (Å²) in [4.78, 5) is 24.7. The highest BCUT2D eigenvalue weighted by Crippen LogP contribution is 2.32. The van der Waals surface area contributed by atoms with E-state index in [1.807, 2.05) is 45.0 Å². The van der Waals surface area contributed by atoms with Gasteiger partial charge in [-0.05, 0) is 36.6 Å². The summed E-state index contributed by atoms with van der Waals surface area (Å²) < 4.78 is 40.9. The van der Waals surface area contributed by atoms with Gasteiger partial charge in [-0.3, -0.25) is 0 Å². The molecule has 4 aromatic rings. The zero-order valence-corrected chi connectivity index (χ0v) is 19.4. The van der Waals surface area contributed by atoms with Crippen molar-refractivity contribution in [2.75, 3.05) is 11.9 Å². The number of hydrogen-bond acceptors (Lipinski definition) is 5. The van der Waals surface area contributed by atoms with Crippen LogP contribution < -0.4 is 5.32 Å². The van der Waals surface area contributed by atoms with Crippen LogP contribution in [0.25, 0.3) is 22.6 Å². The van der Waals surface area contributed by atoms with Crippen LogP contribution in [0.2, 0.25) is 0 Å². The number of carboxylic acids is 1. The first-order valence-corrected chi connectivity index (χ1v) is 11.0. The van der Waals surface area contributed by atoms with Crippen molar-refractivity contribution in [2.24, 2.45) is 5.92 Å². The number of benzene rings is 2.